The highest BCUT2D eigenvalue weighted by Crippen LogP contribution is 2.11. The lowest BCUT2D eigenvalue weighted by Gasteiger charge is -2.27. The Morgan fingerprint density at radius 3 is 3.00 bits per heavy atom. The van der Waals surface area contributed by atoms with Crippen LogP contribution < -0.4 is 0 Å². The maximum absolute atomic E-state index is 12.4. The van der Waals surface area contributed by atoms with Gasteiger partial charge in [-0.3, -0.25) is 9.78 Å². The molecule has 2 rings (SSSR count). The Labute approximate surface area is 112 Å². The van der Waals surface area contributed by atoms with Crippen molar-refractivity contribution in [2.75, 3.05) is 32.9 Å². The standard InChI is InChI=1S/C14H16N2O3/c17-8-2-1-3-12-11-15-5-4-13(12)14(18)16-6-9-19-10-7-16/h4-5,11,17H,2,6-10H2. The van der Waals surface area contributed by atoms with Crippen molar-refractivity contribution < 1.29 is 14.6 Å². The van der Waals surface area contributed by atoms with Crippen molar-refractivity contribution in [3.63, 3.8) is 0 Å². The van der Waals surface area contributed by atoms with Gasteiger partial charge in [-0.1, -0.05) is 11.8 Å². The largest absolute Gasteiger partial charge is 0.395 e. The van der Waals surface area contributed by atoms with Gasteiger partial charge in [0.15, 0.2) is 0 Å². The molecule has 1 aromatic heterocycles. The van der Waals surface area contributed by atoms with Crippen LogP contribution >= 0.6 is 0 Å². The quantitative estimate of drug-likeness (QED) is 0.776. The van der Waals surface area contributed by atoms with E-state index in [0.717, 1.165) is 0 Å². The van der Waals surface area contributed by atoms with Gasteiger partial charge in [-0.15, -0.1) is 0 Å². The molecule has 0 saturated carbocycles. The number of aliphatic hydroxyl groups is 1. The van der Waals surface area contributed by atoms with Crippen LogP contribution in [-0.4, -0.2) is 53.8 Å². The van der Waals surface area contributed by atoms with Crippen molar-refractivity contribution in [1.82, 2.24) is 9.88 Å². The summed E-state index contributed by atoms with van der Waals surface area (Å²) < 4.78 is 5.23. The minimum atomic E-state index is -0.0426. The molecule has 19 heavy (non-hydrogen) atoms. The Bertz CT molecular complexity index is 499. The van der Waals surface area contributed by atoms with E-state index in [9.17, 15) is 4.79 Å². The van der Waals surface area contributed by atoms with E-state index >= 15 is 0 Å². The normalized spacial score (nSPS) is 14.7. The minimum absolute atomic E-state index is 0.0139. The summed E-state index contributed by atoms with van der Waals surface area (Å²) in [5, 5.41) is 8.72. The first-order chi connectivity index (χ1) is 9.33. The first-order valence-corrected chi connectivity index (χ1v) is 6.23. The molecular weight excluding hydrogens is 244 g/mol. The van der Waals surface area contributed by atoms with Gasteiger partial charge in [0, 0.05) is 31.9 Å². The van der Waals surface area contributed by atoms with Gasteiger partial charge in [0.25, 0.3) is 5.91 Å². The van der Waals surface area contributed by atoms with Crippen LogP contribution in [0.5, 0.6) is 0 Å². The number of morpholine rings is 1. The molecule has 5 nitrogen and oxygen atoms in total. The topological polar surface area (TPSA) is 62.7 Å². The SMILES string of the molecule is O=C(c1ccncc1C#CCCO)N1CCOCC1. The van der Waals surface area contributed by atoms with Crippen molar-refractivity contribution in [3.05, 3.63) is 29.6 Å². The van der Waals surface area contributed by atoms with Crippen molar-refractivity contribution in [1.29, 1.82) is 0 Å². The Kier molecular flexibility index (Phi) is 4.90. The number of aromatic nitrogens is 1. The van der Waals surface area contributed by atoms with Gasteiger partial charge in [-0.2, -0.15) is 0 Å². The molecule has 1 aliphatic heterocycles. The number of rotatable bonds is 2. The second-order valence-corrected chi connectivity index (χ2v) is 4.10. The van der Waals surface area contributed by atoms with Gasteiger partial charge in [-0.05, 0) is 6.07 Å². The molecule has 1 saturated heterocycles. The number of nitrogens with zero attached hydrogens (tertiary/aromatic N) is 2. The third-order valence-corrected chi connectivity index (χ3v) is 2.81. The van der Waals surface area contributed by atoms with Gasteiger partial charge >= 0.3 is 0 Å². The lowest BCUT2D eigenvalue weighted by Crippen LogP contribution is -2.41. The van der Waals surface area contributed by atoms with Gasteiger partial charge in [0.2, 0.25) is 0 Å². The van der Waals surface area contributed by atoms with E-state index in [2.05, 4.69) is 16.8 Å². The molecule has 0 unspecified atom stereocenters. The second-order valence-electron chi connectivity index (χ2n) is 4.10. The number of amides is 1. The van der Waals surface area contributed by atoms with Crippen LogP contribution in [0, 0.1) is 11.8 Å². The second kappa shape index (κ2) is 6.88. The van der Waals surface area contributed by atoms with Crippen molar-refractivity contribution in [2.24, 2.45) is 0 Å². The van der Waals surface area contributed by atoms with Gasteiger partial charge in [0.05, 0.1) is 30.9 Å². The van der Waals surface area contributed by atoms with Crippen LogP contribution in [0.25, 0.3) is 0 Å². The third-order valence-electron chi connectivity index (χ3n) is 2.81. The first-order valence-electron chi connectivity index (χ1n) is 6.23. The number of carbonyl (C=O) groups excluding carboxylic acids is 1. The average Bonchev–Trinajstić information content (AvgIpc) is 2.48. The number of carbonyl (C=O) groups is 1. The summed E-state index contributed by atoms with van der Waals surface area (Å²) in [5.74, 6) is 5.65. The molecule has 0 bridgehead atoms. The molecule has 2 heterocycles. The highest BCUT2D eigenvalue weighted by molar-refractivity contribution is 5.96. The molecule has 0 radical (unpaired) electrons. The lowest BCUT2D eigenvalue weighted by molar-refractivity contribution is 0.0302. The van der Waals surface area contributed by atoms with E-state index < -0.39 is 0 Å². The van der Waals surface area contributed by atoms with Crippen LogP contribution in [0.15, 0.2) is 18.5 Å². The molecular formula is C14H16N2O3. The fourth-order valence-electron chi connectivity index (χ4n) is 1.83. The Morgan fingerprint density at radius 1 is 1.47 bits per heavy atom. The number of ether oxygens (including phenoxy) is 1. The van der Waals surface area contributed by atoms with Crippen molar-refractivity contribution in [3.8, 4) is 11.8 Å². The smallest absolute Gasteiger partial charge is 0.255 e. The molecule has 100 valence electrons. The van der Waals surface area contributed by atoms with E-state index in [1.165, 1.54) is 0 Å². The Balaban J connectivity index is 2.19. The summed E-state index contributed by atoms with van der Waals surface area (Å²) in [7, 11) is 0. The van der Waals surface area contributed by atoms with Gasteiger partial charge in [-0.25, -0.2) is 0 Å². The maximum Gasteiger partial charge on any atom is 0.255 e. The summed E-state index contributed by atoms with van der Waals surface area (Å²) in [5.41, 5.74) is 1.16. The monoisotopic (exact) mass is 260 g/mol. The van der Waals surface area contributed by atoms with Gasteiger partial charge in [0.1, 0.15) is 0 Å². The lowest BCUT2D eigenvalue weighted by atomic mass is 10.1. The summed E-state index contributed by atoms with van der Waals surface area (Å²) in [4.78, 5) is 18.1. The molecule has 0 aliphatic carbocycles. The zero-order valence-electron chi connectivity index (χ0n) is 10.6. The van der Waals surface area contributed by atoms with E-state index in [4.69, 9.17) is 9.84 Å². The van der Waals surface area contributed by atoms with E-state index in [-0.39, 0.29) is 12.5 Å². The van der Waals surface area contributed by atoms with Crippen LogP contribution in [0.3, 0.4) is 0 Å². The predicted molar refractivity (Wildman–Crippen MR) is 69.5 cm³/mol. The number of aliphatic hydroxyl groups excluding tert-OH is 1. The van der Waals surface area contributed by atoms with Crippen LogP contribution in [0.4, 0.5) is 0 Å². The van der Waals surface area contributed by atoms with E-state index in [0.29, 0.717) is 43.9 Å². The Morgan fingerprint density at radius 2 is 2.26 bits per heavy atom. The molecule has 1 amide bonds. The fraction of sp³-hybridized carbons (Fsp3) is 0.429. The fourth-order valence-corrected chi connectivity index (χ4v) is 1.83. The molecule has 1 aliphatic rings. The summed E-state index contributed by atoms with van der Waals surface area (Å²) in [6.45, 7) is 2.36. The first kappa shape index (κ1) is 13.5. The summed E-state index contributed by atoms with van der Waals surface area (Å²) in [6.07, 6.45) is 3.56. The maximum atomic E-state index is 12.4. The number of hydrogen-bond acceptors (Lipinski definition) is 4. The van der Waals surface area contributed by atoms with Crippen molar-refractivity contribution >= 4 is 5.91 Å². The molecule has 1 fully saturated rings. The zero-order valence-corrected chi connectivity index (χ0v) is 10.6. The number of pyridine rings is 1. The predicted octanol–water partition coefficient (Wildman–Crippen LogP) is 0.288. The highest BCUT2D eigenvalue weighted by atomic mass is 16.5. The number of hydrogen-bond donors (Lipinski definition) is 1. The average molecular weight is 260 g/mol. The third kappa shape index (κ3) is 3.53. The van der Waals surface area contributed by atoms with Gasteiger partial charge < -0.3 is 14.7 Å². The van der Waals surface area contributed by atoms with Crippen LogP contribution in [-0.2, 0) is 4.74 Å². The summed E-state index contributed by atoms with van der Waals surface area (Å²) >= 11 is 0. The molecule has 0 spiro atoms. The highest BCUT2D eigenvalue weighted by Gasteiger charge is 2.20. The van der Waals surface area contributed by atoms with Crippen LogP contribution in [0.1, 0.15) is 22.3 Å². The van der Waals surface area contributed by atoms with E-state index in [1.54, 1.807) is 23.4 Å². The molecule has 1 aromatic rings. The van der Waals surface area contributed by atoms with E-state index in [1.807, 2.05) is 0 Å². The van der Waals surface area contributed by atoms with Crippen molar-refractivity contribution in [2.45, 2.75) is 6.42 Å². The Hall–Kier alpha value is -1.90. The minimum Gasteiger partial charge on any atom is -0.395 e. The molecule has 5 heteroatoms. The summed E-state index contributed by atoms with van der Waals surface area (Å²) in [6, 6.07) is 1.68. The zero-order chi connectivity index (χ0) is 13.5. The molecule has 1 N–H and O–H groups in total. The molecule has 0 atom stereocenters. The van der Waals surface area contributed by atoms with Crippen LogP contribution in [0.2, 0.25) is 0 Å². The molecule has 0 aromatic carbocycles.